The van der Waals surface area contributed by atoms with E-state index in [1.54, 1.807) is 25.1 Å². The van der Waals surface area contributed by atoms with Crippen molar-refractivity contribution in [3.63, 3.8) is 0 Å². The van der Waals surface area contributed by atoms with Gasteiger partial charge in [-0.05, 0) is 31.5 Å². The van der Waals surface area contributed by atoms with Crippen LogP contribution in [0, 0.1) is 6.92 Å². The van der Waals surface area contributed by atoms with Crippen molar-refractivity contribution in [3.05, 3.63) is 65.7 Å². The van der Waals surface area contributed by atoms with Crippen LogP contribution in [-0.2, 0) is 21.4 Å². The lowest BCUT2D eigenvalue weighted by molar-refractivity contribution is -0.121. The lowest BCUT2D eigenvalue weighted by atomic mass is 10.1. The number of nitrogens with one attached hydrogen (secondary N) is 1. The number of aryl methyl sites for hydroxylation is 1. The van der Waals surface area contributed by atoms with Crippen molar-refractivity contribution in [3.8, 4) is 0 Å². The molecule has 0 aliphatic heterocycles. The van der Waals surface area contributed by atoms with E-state index in [0.717, 1.165) is 11.1 Å². The Morgan fingerprint density at radius 2 is 1.67 bits per heavy atom. The molecule has 1 amide bonds. The Balaban J connectivity index is 2.31. The normalized spacial score (nSPS) is 11.5. The molecule has 0 saturated heterocycles. The first-order valence-electron chi connectivity index (χ1n) is 7.81. The van der Waals surface area contributed by atoms with Gasteiger partial charge in [0.05, 0.1) is 11.4 Å². The maximum atomic E-state index is 12.9. The van der Waals surface area contributed by atoms with Crippen LogP contribution < -0.4 is 5.32 Å². The number of hydrogen-bond donors (Lipinski definition) is 1. The fraction of sp³-hybridized carbons (Fsp3) is 0.278. The molecule has 1 N–H and O–H groups in total. The molecule has 128 valence electrons. The zero-order chi connectivity index (χ0) is 17.6. The van der Waals surface area contributed by atoms with Crippen LogP contribution in [0.5, 0.6) is 0 Å². The Kier molecular flexibility index (Phi) is 6.11. The van der Waals surface area contributed by atoms with E-state index in [1.807, 2.05) is 31.2 Å². The Morgan fingerprint density at radius 3 is 2.25 bits per heavy atom. The van der Waals surface area contributed by atoms with Crippen molar-refractivity contribution < 1.29 is 13.2 Å². The Morgan fingerprint density at radius 1 is 1.04 bits per heavy atom. The quantitative estimate of drug-likeness (QED) is 0.837. The minimum atomic E-state index is -3.75. The second-order valence-electron chi connectivity index (χ2n) is 5.53. The number of carbonyl (C=O) groups excluding carboxylic acids is 1. The average molecular weight is 346 g/mol. The van der Waals surface area contributed by atoms with Crippen LogP contribution in [0.15, 0.2) is 59.5 Å². The highest BCUT2D eigenvalue weighted by atomic mass is 32.2. The third kappa shape index (κ3) is 4.66. The SMILES string of the molecule is CCNC(=O)CN(Cc1ccc(C)cc1)S(=O)(=O)c1ccccc1. The highest BCUT2D eigenvalue weighted by Crippen LogP contribution is 2.18. The lowest BCUT2D eigenvalue weighted by Crippen LogP contribution is -2.40. The van der Waals surface area contributed by atoms with Crippen LogP contribution in [0.25, 0.3) is 0 Å². The highest BCUT2D eigenvalue weighted by molar-refractivity contribution is 7.89. The van der Waals surface area contributed by atoms with Gasteiger partial charge < -0.3 is 5.32 Å². The van der Waals surface area contributed by atoms with E-state index < -0.39 is 10.0 Å². The van der Waals surface area contributed by atoms with Gasteiger partial charge in [0.25, 0.3) is 0 Å². The first-order valence-corrected chi connectivity index (χ1v) is 9.25. The highest BCUT2D eigenvalue weighted by Gasteiger charge is 2.26. The zero-order valence-corrected chi connectivity index (χ0v) is 14.7. The first-order chi connectivity index (χ1) is 11.4. The molecule has 0 radical (unpaired) electrons. The van der Waals surface area contributed by atoms with E-state index in [4.69, 9.17) is 0 Å². The number of carbonyl (C=O) groups is 1. The molecule has 0 aliphatic rings. The summed E-state index contributed by atoms with van der Waals surface area (Å²) in [6, 6.07) is 15.8. The van der Waals surface area contributed by atoms with Crippen molar-refractivity contribution in [2.75, 3.05) is 13.1 Å². The minimum Gasteiger partial charge on any atom is -0.355 e. The van der Waals surface area contributed by atoms with E-state index in [-0.39, 0.29) is 23.9 Å². The Bertz CT molecular complexity index is 772. The summed E-state index contributed by atoms with van der Waals surface area (Å²) in [4.78, 5) is 12.1. The molecule has 0 saturated carbocycles. The summed E-state index contributed by atoms with van der Waals surface area (Å²) in [6.07, 6.45) is 0. The topological polar surface area (TPSA) is 66.5 Å². The lowest BCUT2D eigenvalue weighted by Gasteiger charge is -2.22. The number of likely N-dealkylation sites (N-methyl/N-ethyl adjacent to an activating group) is 1. The van der Waals surface area contributed by atoms with Crippen LogP contribution in [-0.4, -0.2) is 31.7 Å². The molecule has 6 heteroatoms. The van der Waals surface area contributed by atoms with Crippen molar-refractivity contribution in [2.24, 2.45) is 0 Å². The molecule has 0 aliphatic carbocycles. The standard InChI is InChI=1S/C18H22N2O3S/c1-3-19-18(21)14-20(13-16-11-9-15(2)10-12-16)24(22,23)17-7-5-4-6-8-17/h4-12H,3,13-14H2,1-2H3,(H,19,21). The molecule has 0 unspecified atom stereocenters. The first kappa shape index (κ1) is 18.2. The van der Waals surface area contributed by atoms with E-state index >= 15 is 0 Å². The maximum absolute atomic E-state index is 12.9. The smallest absolute Gasteiger partial charge is 0.243 e. The van der Waals surface area contributed by atoms with Gasteiger partial charge in [-0.25, -0.2) is 8.42 Å². The molecule has 0 spiro atoms. The van der Waals surface area contributed by atoms with Gasteiger partial charge in [-0.15, -0.1) is 0 Å². The second kappa shape index (κ2) is 8.08. The van der Waals surface area contributed by atoms with Gasteiger partial charge in [0, 0.05) is 13.1 Å². The molecule has 2 aromatic carbocycles. The largest absolute Gasteiger partial charge is 0.355 e. The number of benzene rings is 2. The molecule has 2 rings (SSSR count). The van der Waals surface area contributed by atoms with E-state index in [0.29, 0.717) is 6.54 Å². The van der Waals surface area contributed by atoms with Crippen molar-refractivity contribution in [1.29, 1.82) is 0 Å². The average Bonchev–Trinajstić information content (AvgIpc) is 2.57. The Labute approximate surface area is 143 Å². The van der Waals surface area contributed by atoms with Gasteiger partial charge in [0.2, 0.25) is 15.9 Å². The van der Waals surface area contributed by atoms with Gasteiger partial charge in [0.15, 0.2) is 0 Å². The zero-order valence-electron chi connectivity index (χ0n) is 13.9. The third-order valence-electron chi connectivity index (χ3n) is 3.55. The van der Waals surface area contributed by atoms with E-state index in [2.05, 4.69) is 5.32 Å². The van der Waals surface area contributed by atoms with Gasteiger partial charge >= 0.3 is 0 Å². The van der Waals surface area contributed by atoms with Crippen LogP contribution in [0.3, 0.4) is 0 Å². The molecule has 5 nitrogen and oxygen atoms in total. The number of nitrogens with zero attached hydrogens (tertiary/aromatic N) is 1. The van der Waals surface area contributed by atoms with Crippen molar-refractivity contribution in [1.82, 2.24) is 9.62 Å². The summed E-state index contributed by atoms with van der Waals surface area (Å²) < 4.78 is 27.0. The van der Waals surface area contributed by atoms with E-state index in [9.17, 15) is 13.2 Å². The molecule has 0 bridgehead atoms. The molecule has 0 atom stereocenters. The van der Waals surface area contributed by atoms with Crippen molar-refractivity contribution in [2.45, 2.75) is 25.3 Å². The molecule has 0 aromatic heterocycles. The van der Waals surface area contributed by atoms with Gasteiger partial charge in [-0.3, -0.25) is 4.79 Å². The number of hydrogen-bond acceptors (Lipinski definition) is 3. The maximum Gasteiger partial charge on any atom is 0.243 e. The molecule has 24 heavy (non-hydrogen) atoms. The molecular weight excluding hydrogens is 324 g/mol. The summed E-state index contributed by atoms with van der Waals surface area (Å²) >= 11 is 0. The van der Waals surface area contributed by atoms with E-state index in [1.165, 1.54) is 16.4 Å². The number of rotatable bonds is 7. The predicted octanol–water partition coefficient (Wildman–Crippen LogP) is 2.32. The summed E-state index contributed by atoms with van der Waals surface area (Å²) in [5.74, 6) is -0.316. The monoisotopic (exact) mass is 346 g/mol. The van der Waals surface area contributed by atoms with Gasteiger partial charge in [-0.2, -0.15) is 4.31 Å². The summed E-state index contributed by atoms with van der Waals surface area (Å²) in [5, 5.41) is 2.65. The van der Waals surface area contributed by atoms with Crippen LogP contribution in [0.2, 0.25) is 0 Å². The molecule has 0 fully saturated rings. The van der Waals surface area contributed by atoms with Gasteiger partial charge in [0.1, 0.15) is 0 Å². The summed E-state index contributed by atoms with van der Waals surface area (Å²) in [5.41, 5.74) is 1.93. The predicted molar refractivity (Wildman–Crippen MR) is 93.9 cm³/mol. The minimum absolute atomic E-state index is 0.147. The molecular formula is C18H22N2O3S. The fourth-order valence-electron chi connectivity index (χ4n) is 2.28. The Hall–Kier alpha value is -2.18. The van der Waals surface area contributed by atoms with Gasteiger partial charge in [-0.1, -0.05) is 48.0 Å². The number of amides is 1. The van der Waals surface area contributed by atoms with Crippen molar-refractivity contribution >= 4 is 15.9 Å². The second-order valence-corrected chi connectivity index (χ2v) is 7.46. The number of sulfonamides is 1. The molecule has 0 heterocycles. The van der Waals surface area contributed by atoms with Crippen LogP contribution in [0.1, 0.15) is 18.1 Å². The fourth-order valence-corrected chi connectivity index (χ4v) is 3.68. The van der Waals surface area contributed by atoms with Crippen LogP contribution >= 0.6 is 0 Å². The summed E-state index contributed by atoms with van der Waals surface area (Å²) in [6.45, 7) is 4.17. The van der Waals surface area contributed by atoms with Crippen LogP contribution in [0.4, 0.5) is 0 Å². The third-order valence-corrected chi connectivity index (χ3v) is 5.36. The molecule has 2 aromatic rings. The summed E-state index contributed by atoms with van der Waals surface area (Å²) in [7, 11) is -3.75.